The van der Waals surface area contributed by atoms with Gasteiger partial charge in [-0.05, 0) is 53.8 Å². The van der Waals surface area contributed by atoms with Crippen molar-refractivity contribution in [1.29, 1.82) is 0 Å². The van der Waals surface area contributed by atoms with Crippen LogP contribution < -0.4 is 10.6 Å². The summed E-state index contributed by atoms with van der Waals surface area (Å²) in [5, 5.41) is 10.3. The average molecular weight is 448 g/mol. The van der Waals surface area contributed by atoms with Crippen LogP contribution in [0.15, 0.2) is 48.8 Å². The minimum absolute atomic E-state index is 0.0867. The summed E-state index contributed by atoms with van der Waals surface area (Å²) in [6.07, 6.45) is 3.53. The van der Waals surface area contributed by atoms with E-state index in [0.29, 0.717) is 36.1 Å². The molecule has 0 saturated heterocycles. The average Bonchev–Trinajstić information content (AvgIpc) is 3.13. The zero-order valence-electron chi connectivity index (χ0n) is 13.6. The van der Waals surface area contributed by atoms with Gasteiger partial charge in [0, 0.05) is 40.7 Å². The Balaban J connectivity index is 1.55. The van der Waals surface area contributed by atoms with E-state index in [1.54, 1.807) is 16.9 Å². The molecule has 2 aromatic heterocycles. The molecule has 3 rings (SSSR count). The fourth-order valence-electron chi connectivity index (χ4n) is 2.26. The Morgan fingerprint density at radius 3 is 2.84 bits per heavy atom. The zero-order valence-corrected chi connectivity index (χ0v) is 15.8. The second-order valence-electron chi connectivity index (χ2n) is 5.30. The second-order valence-corrected chi connectivity index (χ2v) is 6.55. The molecule has 0 atom stereocenters. The minimum atomic E-state index is -0.0867. The molecule has 0 fully saturated rings. The third kappa shape index (κ3) is 4.75. The van der Waals surface area contributed by atoms with Gasteiger partial charge in [0.15, 0.2) is 5.82 Å². The smallest absolute Gasteiger partial charge is 0.251 e. The Morgan fingerprint density at radius 1 is 1.20 bits per heavy atom. The summed E-state index contributed by atoms with van der Waals surface area (Å²) in [5.74, 6) is 1.96. The van der Waals surface area contributed by atoms with Gasteiger partial charge in [0.2, 0.25) is 0 Å². The number of benzene rings is 1. The number of rotatable bonds is 6. The van der Waals surface area contributed by atoms with E-state index in [-0.39, 0.29) is 5.91 Å². The number of nitrogens with zero attached hydrogens (tertiary/aromatic N) is 4. The lowest BCUT2D eigenvalue weighted by Gasteiger charge is -2.10. The summed E-state index contributed by atoms with van der Waals surface area (Å²) in [4.78, 5) is 20.8. The molecule has 0 radical (unpaired) electrons. The minimum Gasteiger partial charge on any atom is -0.368 e. The molecule has 1 aromatic carbocycles. The highest BCUT2D eigenvalue weighted by atomic mass is 127. The lowest BCUT2D eigenvalue weighted by Crippen LogP contribution is -2.29. The van der Waals surface area contributed by atoms with Crippen LogP contribution in [0.3, 0.4) is 0 Å². The van der Waals surface area contributed by atoms with Crippen molar-refractivity contribution in [2.75, 3.05) is 18.4 Å². The number of aryl methyl sites for hydroxylation is 1. The lowest BCUT2D eigenvalue weighted by molar-refractivity contribution is 0.0955. The summed E-state index contributed by atoms with van der Waals surface area (Å²) >= 11 is 2.19. The van der Waals surface area contributed by atoms with Crippen molar-refractivity contribution in [1.82, 2.24) is 25.1 Å². The summed E-state index contributed by atoms with van der Waals surface area (Å²) in [6, 6.07) is 11.1. The first-order valence-electron chi connectivity index (χ1n) is 7.75. The first-order chi connectivity index (χ1) is 12.1. The molecule has 0 aliphatic carbocycles. The van der Waals surface area contributed by atoms with Crippen LogP contribution in [0.5, 0.6) is 0 Å². The van der Waals surface area contributed by atoms with Crippen molar-refractivity contribution in [2.45, 2.75) is 6.92 Å². The largest absolute Gasteiger partial charge is 0.368 e. The fourth-order valence-corrected chi connectivity index (χ4v) is 2.81. The Kier molecular flexibility index (Phi) is 5.59. The molecule has 128 valence electrons. The van der Waals surface area contributed by atoms with Crippen molar-refractivity contribution < 1.29 is 4.79 Å². The molecule has 1 amide bonds. The molecule has 2 heterocycles. The van der Waals surface area contributed by atoms with Gasteiger partial charge in [0.1, 0.15) is 11.6 Å². The number of nitrogens with one attached hydrogen (secondary N) is 2. The number of anilines is 1. The molecule has 25 heavy (non-hydrogen) atoms. The van der Waals surface area contributed by atoms with E-state index in [9.17, 15) is 4.79 Å². The standard InChI is InChI=1S/C17H17IN6O/c1-12-22-15(11-16(23-12)24-9-3-6-21-24)19-7-8-20-17(25)13-4-2-5-14(18)10-13/h2-6,9-11H,7-8H2,1H3,(H,20,25)(H,19,22,23). The van der Waals surface area contributed by atoms with E-state index < -0.39 is 0 Å². The number of aromatic nitrogens is 4. The van der Waals surface area contributed by atoms with Gasteiger partial charge < -0.3 is 10.6 Å². The van der Waals surface area contributed by atoms with Gasteiger partial charge in [-0.1, -0.05) is 6.07 Å². The molecule has 2 N–H and O–H groups in total. The lowest BCUT2D eigenvalue weighted by atomic mass is 10.2. The molecule has 0 spiro atoms. The predicted molar refractivity (Wildman–Crippen MR) is 104 cm³/mol. The summed E-state index contributed by atoms with van der Waals surface area (Å²) in [5.41, 5.74) is 0.658. The van der Waals surface area contributed by atoms with Gasteiger partial charge in [0.25, 0.3) is 5.91 Å². The first kappa shape index (κ1) is 17.3. The number of amides is 1. The SMILES string of the molecule is Cc1nc(NCCNC(=O)c2cccc(I)c2)cc(-n2cccn2)n1. The summed E-state index contributed by atoms with van der Waals surface area (Å²) in [6.45, 7) is 2.88. The van der Waals surface area contributed by atoms with Gasteiger partial charge >= 0.3 is 0 Å². The third-order valence-electron chi connectivity index (χ3n) is 3.37. The molecule has 0 bridgehead atoms. The van der Waals surface area contributed by atoms with Crippen LogP contribution in [-0.4, -0.2) is 38.7 Å². The zero-order chi connectivity index (χ0) is 17.6. The van der Waals surface area contributed by atoms with Crippen LogP contribution in [0.2, 0.25) is 0 Å². The summed E-state index contributed by atoms with van der Waals surface area (Å²) < 4.78 is 2.71. The van der Waals surface area contributed by atoms with Crippen molar-refractivity contribution in [2.24, 2.45) is 0 Å². The van der Waals surface area contributed by atoms with Gasteiger partial charge in [0.05, 0.1) is 0 Å². The van der Waals surface area contributed by atoms with Crippen LogP contribution in [-0.2, 0) is 0 Å². The maximum Gasteiger partial charge on any atom is 0.251 e. The molecule has 0 aliphatic rings. The van der Waals surface area contributed by atoms with E-state index in [1.165, 1.54) is 0 Å². The van der Waals surface area contributed by atoms with Crippen LogP contribution in [0.1, 0.15) is 16.2 Å². The maximum atomic E-state index is 12.1. The molecule has 8 heteroatoms. The van der Waals surface area contributed by atoms with Gasteiger partial charge in [-0.2, -0.15) is 5.10 Å². The van der Waals surface area contributed by atoms with Gasteiger partial charge in [-0.3, -0.25) is 4.79 Å². The second kappa shape index (κ2) is 8.06. The topological polar surface area (TPSA) is 84.7 Å². The van der Waals surface area contributed by atoms with Gasteiger partial charge in [-0.25, -0.2) is 14.6 Å². The number of carbonyl (C=O) groups excluding carboxylic acids is 1. The quantitative estimate of drug-likeness (QED) is 0.447. The fraction of sp³-hybridized carbons (Fsp3) is 0.176. The first-order valence-corrected chi connectivity index (χ1v) is 8.83. The number of hydrogen-bond donors (Lipinski definition) is 2. The van der Waals surface area contributed by atoms with Crippen LogP contribution in [0, 0.1) is 10.5 Å². The van der Waals surface area contributed by atoms with E-state index in [2.05, 4.69) is 48.3 Å². The van der Waals surface area contributed by atoms with Crippen molar-refractivity contribution in [3.05, 3.63) is 63.7 Å². The Hall–Kier alpha value is -2.49. The highest BCUT2D eigenvalue weighted by molar-refractivity contribution is 14.1. The molecule has 7 nitrogen and oxygen atoms in total. The normalized spacial score (nSPS) is 10.5. The van der Waals surface area contributed by atoms with Crippen LogP contribution >= 0.6 is 22.6 Å². The Morgan fingerprint density at radius 2 is 2.08 bits per heavy atom. The summed E-state index contributed by atoms with van der Waals surface area (Å²) in [7, 11) is 0. The molecular formula is C17H17IN6O. The monoisotopic (exact) mass is 448 g/mol. The molecule has 0 unspecified atom stereocenters. The van der Waals surface area contributed by atoms with Crippen molar-refractivity contribution >= 4 is 34.3 Å². The van der Waals surface area contributed by atoms with Crippen LogP contribution in [0.4, 0.5) is 5.82 Å². The highest BCUT2D eigenvalue weighted by Crippen LogP contribution is 2.10. The van der Waals surface area contributed by atoms with E-state index in [1.807, 2.05) is 43.5 Å². The highest BCUT2D eigenvalue weighted by Gasteiger charge is 2.06. The van der Waals surface area contributed by atoms with Crippen molar-refractivity contribution in [3.63, 3.8) is 0 Å². The van der Waals surface area contributed by atoms with E-state index >= 15 is 0 Å². The van der Waals surface area contributed by atoms with Crippen molar-refractivity contribution in [3.8, 4) is 5.82 Å². The Bertz CT molecular complexity index is 865. The predicted octanol–water partition coefficient (Wildman–Crippen LogP) is 2.42. The van der Waals surface area contributed by atoms with Gasteiger partial charge in [-0.15, -0.1) is 0 Å². The molecule has 3 aromatic rings. The molecule has 0 saturated carbocycles. The maximum absolute atomic E-state index is 12.1. The van der Waals surface area contributed by atoms with E-state index in [4.69, 9.17) is 0 Å². The number of carbonyl (C=O) groups is 1. The Labute approximate surface area is 159 Å². The third-order valence-corrected chi connectivity index (χ3v) is 4.04. The molecular weight excluding hydrogens is 431 g/mol. The number of halogens is 1. The molecule has 0 aliphatic heterocycles. The number of hydrogen-bond acceptors (Lipinski definition) is 5. The van der Waals surface area contributed by atoms with E-state index in [0.717, 1.165) is 3.57 Å². The van der Waals surface area contributed by atoms with Crippen LogP contribution in [0.25, 0.3) is 5.82 Å².